The normalized spacial score (nSPS) is 26.4. The highest BCUT2D eigenvalue weighted by atomic mass is 35.5. The first-order valence-corrected chi connectivity index (χ1v) is 9.72. The second kappa shape index (κ2) is 6.31. The van der Waals surface area contributed by atoms with E-state index in [9.17, 15) is 0 Å². The molecule has 25 heavy (non-hydrogen) atoms. The van der Waals surface area contributed by atoms with E-state index in [-0.39, 0.29) is 0 Å². The van der Waals surface area contributed by atoms with E-state index in [1.54, 1.807) is 0 Å². The van der Waals surface area contributed by atoms with Gasteiger partial charge in [-0.1, -0.05) is 11.6 Å². The molecule has 4 heterocycles. The Morgan fingerprint density at radius 1 is 1.00 bits per heavy atom. The molecule has 3 fully saturated rings. The smallest absolute Gasteiger partial charge is 0.148 e. The van der Waals surface area contributed by atoms with Gasteiger partial charge in [-0.15, -0.1) is 0 Å². The number of nitrogens with one attached hydrogen (secondary N) is 2. The molecule has 1 aromatic carbocycles. The van der Waals surface area contributed by atoms with Gasteiger partial charge >= 0.3 is 0 Å². The SMILES string of the molecule is Clc1cc2cc(N3C4CCC3CNC4)ccc2nc1N1CCNCC1. The zero-order valence-electron chi connectivity index (χ0n) is 14.3. The molecule has 5 nitrogen and oxygen atoms in total. The van der Waals surface area contributed by atoms with Crippen LogP contribution >= 0.6 is 11.6 Å². The summed E-state index contributed by atoms with van der Waals surface area (Å²) in [5.74, 6) is 0.922. The Morgan fingerprint density at radius 3 is 2.52 bits per heavy atom. The molecule has 2 N–H and O–H groups in total. The molecule has 6 heteroatoms. The summed E-state index contributed by atoms with van der Waals surface area (Å²) in [6, 6.07) is 10.0. The van der Waals surface area contributed by atoms with Crippen LogP contribution in [0.4, 0.5) is 11.5 Å². The average molecular weight is 358 g/mol. The monoisotopic (exact) mass is 357 g/mol. The van der Waals surface area contributed by atoms with E-state index in [1.165, 1.54) is 18.5 Å². The van der Waals surface area contributed by atoms with Crippen LogP contribution in [-0.4, -0.2) is 56.3 Å². The van der Waals surface area contributed by atoms with E-state index >= 15 is 0 Å². The van der Waals surface area contributed by atoms with Crippen LogP contribution in [0.1, 0.15) is 12.8 Å². The lowest BCUT2D eigenvalue weighted by molar-refractivity contribution is 0.485. The lowest BCUT2D eigenvalue weighted by Crippen LogP contribution is -2.51. The minimum Gasteiger partial charge on any atom is -0.363 e. The van der Waals surface area contributed by atoms with Crippen molar-refractivity contribution in [3.05, 3.63) is 29.3 Å². The van der Waals surface area contributed by atoms with Crippen molar-refractivity contribution in [1.82, 2.24) is 15.6 Å². The van der Waals surface area contributed by atoms with Crippen molar-refractivity contribution in [2.24, 2.45) is 0 Å². The summed E-state index contributed by atoms with van der Waals surface area (Å²) < 4.78 is 0. The third kappa shape index (κ3) is 2.75. The Morgan fingerprint density at radius 2 is 1.76 bits per heavy atom. The zero-order chi connectivity index (χ0) is 16.8. The number of aromatic nitrogens is 1. The number of hydrogen-bond donors (Lipinski definition) is 2. The van der Waals surface area contributed by atoms with Crippen molar-refractivity contribution >= 4 is 34.0 Å². The third-order valence-corrected chi connectivity index (χ3v) is 6.11. The Labute approximate surface area is 153 Å². The molecule has 2 bridgehead atoms. The number of fused-ring (bicyclic) bond motifs is 3. The molecule has 0 amide bonds. The molecule has 3 aliphatic rings. The highest BCUT2D eigenvalue weighted by Gasteiger charge is 2.36. The van der Waals surface area contributed by atoms with Gasteiger partial charge in [-0.25, -0.2) is 4.98 Å². The van der Waals surface area contributed by atoms with Crippen LogP contribution in [0.25, 0.3) is 10.9 Å². The summed E-state index contributed by atoms with van der Waals surface area (Å²) >= 11 is 6.60. The summed E-state index contributed by atoms with van der Waals surface area (Å²) in [6.07, 6.45) is 2.58. The number of halogens is 1. The van der Waals surface area contributed by atoms with Crippen molar-refractivity contribution in [2.45, 2.75) is 24.9 Å². The van der Waals surface area contributed by atoms with E-state index in [0.717, 1.165) is 61.0 Å². The van der Waals surface area contributed by atoms with Gasteiger partial charge in [0.2, 0.25) is 0 Å². The first-order chi connectivity index (χ1) is 12.3. The lowest BCUT2D eigenvalue weighted by Gasteiger charge is -2.37. The third-order valence-electron chi connectivity index (χ3n) is 5.83. The predicted octanol–water partition coefficient (Wildman–Crippen LogP) is 2.24. The van der Waals surface area contributed by atoms with Gasteiger partial charge in [0.15, 0.2) is 0 Å². The van der Waals surface area contributed by atoms with Gasteiger partial charge in [0.05, 0.1) is 10.5 Å². The first-order valence-electron chi connectivity index (χ1n) is 9.34. The van der Waals surface area contributed by atoms with E-state index in [1.807, 2.05) is 0 Å². The fraction of sp³-hybridized carbons (Fsp3) is 0.526. The average Bonchev–Trinajstić information content (AvgIpc) is 2.90. The molecule has 132 valence electrons. The van der Waals surface area contributed by atoms with Gasteiger partial charge < -0.3 is 20.4 Å². The number of benzene rings is 1. The van der Waals surface area contributed by atoms with Gasteiger partial charge in [-0.2, -0.15) is 0 Å². The van der Waals surface area contributed by atoms with Crippen LogP contribution in [0.3, 0.4) is 0 Å². The minimum absolute atomic E-state index is 0.625. The maximum absolute atomic E-state index is 6.60. The molecular formula is C19H24ClN5. The van der Waals surface area contributed by atoms with E-state index in [2.05, 4.69) is 44.7 Å². The summed E-state index contributed by atoms with van der Waals surface area (Å²) in [5, 5.41) is 8.82. The Kier molecular flexibility index (Phi) is 3.95. The van der Waals surface area contributed by atoms with Gasteiger partial charge in [-0.05, 0) is 37.1 Å². The van der Waals surface area contributed by atoms with Crippen LogP contribution in [0, 0.1) is 0 Å². The molecule has 2 atom stereocenters. The highest BCUT2D eigenvalue weighted by Crippen LogP contribution is 2.35. The molecule has 3 aliphatic heterocycles. The van der Waals surface area contributed by atoms with Gasteiger partial charge in [0.25, 0.3) is 0 Å². The second-order valence-electron chi connectivity index (χ2n) is 7.36. The summed E-state index contributed by atoms with van der Waals surface area (Å²) in [4.78, 5) is 9.76. The molecule has 2 aromatic rings. The fourth-order valence-corrected chi connectivity index (χ4v) is 4.87. The molecular weight excluding hydrogens is 334 g/mol. The molecule has 0 aliphatic carbocycles. The van der Waals surface area contributed by atoms with Crippen molar-refractivity contribution in [3.63, 3.8) is 0 Å². The second-order valence-corrected chi connectivity index (χ2v) is 7.77. The molecule has 0 radical (unpaired) electrons. The Bertz CT molecular complexity index is 773. The maximum atomic E-state index is 6.60. The molecule has 0 saturated carbocycles. The zero-order valence-corrected chi connectivity index (χ0v) is 15.1. The number of pyridine rings is 1. The molecule has 0 spiro atoms. The Balaban J connectivity index is 1.50. The fourth-order valence-electron chi connectivity index (χ4n) is 4.59. The van der Waals surface area contributed by atoms with Gasteiger partial charge in [-0.3, -0.25) is 0 Å². The number of piperazine rings is 2. The van der Waals surface area contributed by atoms with Crippen LogP contribution in [0.15, 0.2) is 24.3 Å². The van der Waals surface area contributed by atoms with E-state index < -0.39 is 0 Å². The number of nitrogens with zero attached hydrogens (tertiary/aromatic N) is 3. The minimum atomic E-state index is 0.625. The van der Waals surface area contributed by atoms with Gasteiger partial charge in [0.1, 0.15) is 5.82 Å². The number of hydrogen-bond acceptors (Lipinski definition) is 5. The van der Waals surface area contributed by atoms with Crippen LogP contribution in [0.5, 0.6) is 0 Å². The number of rotatable bonds is 2. The van der Waals surface area contributed by atoms with E-state index in [4.69, 9.17) is 16.6 Å². The van der Waals surface area contributed by atoms with Crippen LogP contribution < -0.4 is 20.4 Å². The van der Waals surface area contributed by atoms with Crippen molar-refractivity contribution < 1.29 is 0 Å². The Hall–Kier alpha value is -1.56. The largest absolute Gasteiger partial charge is 0.363 e. The quantitative estimate of drug-likeness (QED) is 0.863. The summed E-state index contributed by atoms with van der Waals surface area (Å²) in [6.45, 7) is 6.08. The van der Waals surface area contributed by atoms with Gasteiger partial charge in [0, 0.05) is 62.4 Å². The predicted molar refractivity (Wildman–Crippen MR) is 104 cm³/mol. The topological polar surface area (TPSA) is 43.4 Å². The molecule has 5 rings (SSSR count). The number of anilines is 2. The highest BCUT2D eigenvalue weighted by molar-refractivity contribution is 6.33. The summed E-state index contributed by atoms with van der Waals surface area (Å²) in [7, 11) is 0. The molecule has 3 saturated heterocycles. The van der Waals surface area contributed by atoms with Crippen molar-refractivity contribution in [1.29, 1.82) is 0 Å². The molecule has 1 aromatic heterocycles. The molecule has 2 unspecified atom stereocenters. The maximum Gasteiger partial charge on any atom is 0.148 e. The standard InChI is InChI=1S/C19H24ClN5/c20-17-10-13-9-14(25-15-1-2-16(25)12-22-11-15)3-4-18(13)23-19(17)24-7-5-21-6-8-24/h3-4,9-10,15-16,21-22H,1-2,5-8,11-12H2. The van der Waals surface area contributed by atoms with Crippen LogP contribution in [-0.2, 0) is 0 Å². The first kappa shape index (κ1) is 15.7. The van der Waals surface area contributed by atoms with E-state index in [0.29, 0.717) is 12.1 Å². The van der Waals surface area contributed by atoms with Crippen LogP contribution in [0.2, 0.25) is 5.02 Å². The lowest BCUT2D eigenvalue weighted by atomic mass is 10.1. The van der Waals surface area contributed by atoms with Crippen molar-refractivity contribution in [2.75, 3.05) is 49.1 Å². The summed E-state index contributed by atoms with van der Waals surface area (Å²) in [5.41, 5.74) is 2.35. The van der Waals surface area contributed by atoms with Crippen molar-refractivity contribution in [3.8, 4) is 0 Å².